The molecule has 0 radical (unpaired) electrons. The number of halogens is 1. The fourth-order valence-electron chi connectivity index (χ4n) is 2.73. The second-order valence-corrected chi connectivity index (χ2v) is 5.11. The summed E-state index contributed by atoms with van der Waals surface area (Å²) in [4.78, 5) is 0. The predicted octanol–water partition coefficient (Wildman–Crippen LogP) is 3.05. The second kappa shape index (κ2) is 4.07. The zero-order valence-electron chi connectivity index (χ0n) is 9.99. The van der Waals surface area contributed by atoms with Gasteiger partial charge in [-0.3, -0.25) is 0 Å². The molecule has 1 aromatic carbocycles. The van der Waals surface area contributed by atoms with Crippen LogP contribution in [0.4, 0.5) is 4.39 Å². The first-order chi connectivity index (χ1) is 8.20. The van der Waals surface area contributed by atoms with Crippen molar-refractivity contribution in [3.05, 3.63) is 35.6 Å². The van der Waals surface area contributed by atoms with Gasteiger partial charge < -0.3 is 9.47 Å². The molecule has 0 N–H and O–H groups in total. The van der Waals surface area contributed by atoms with Gasteiger partial charge in [0.25, 0.3) is 0 Å². The normalized spacial score (nSPS) is 35.4. The molecule has 2 aliphatic rings. The van der Waals surface area contributed by atoms with E-state index >= 15 is 0 Å². The summed E-state index contributed by atoms with van der Waals surface area (Å²) in [5.41, 5.74) is 0.516. The zero-order valence-corrected chi connectivity index (χ0v) is 9.99. The minimum atomic E-state index is -0.193. The molecular formula is C14H17FO2. The van der Waals surface area contributed by atoms with Gasteiger partial charge in [0, 0.05) is 5.56 Å². The summed E-state index contributed by atoms with van der Waals surface area (Å²) in [6.07, 6.45) is 3.77. The second-order valence-electron chi connectivity index (χ2n) is 5.11. The molecule has 0 bridgehead atoms. The van der Waals surface area contributed by atoms with E-state index in [1.54, 1.807) is 12.1 Å². The highest BCUT2D eigenvalue weighted by molar-refractivity contribution is 5.16. The van der Waals surface area contributed by atoms with Gasteiger partial charge in [0.1, 0.15) is 11.4 Å². The maximum absolute atomic E-state index is 13.4. The van der Waals surface area contributed by atoms with E-state index in [9.17, 15) is 4.39 Å². The molecule has 2 fully saturated rings. The molecule has 1 saturated carbocycles. The molecule has 0 spiro atoms. The Hall–Kier alpha value is -0.930. The number of hydrogen-bond acceptors (Lipinski definition) is 2. The molecule has 0 aromatic heterocycles. The maximum atomic E-state index is 13.4. The van der Waals surface area contributed by atoms with Crippen LogP contribution in [0.3, 0.4) is 0 Å². The zero-order chi connectivity index (χ0) is 11.9. The standard InChI is InChI=1S/C14H17FO2/c1-14-12(7-4-8-13(14)17-14)16-9-10-5-2-3-6-11(10)15/h2-3,5-6,12-13H,4,7-9H2,1H3. The van der Waals surface area contributed by atoms with Crippen molar-refractivity contribution in [1.29, 1.82) is 0 Å². The van der Waals surface area contributed by atoms with E-state index in [4.69, 9.17) is 9.47 Å². The first kappa shape index (κ1) is 11.2. The Morgan fingerprint density at radius 3 is 3.06 bits per heavy atom. The van der Waals surface area contributed by atoms with Crippen LogP contribution in [0.15, 0.2) is 24.3 Å². The third-order valence-electron chi connectivity index (χ3n) is 3.95. The molecule has 1 aliphatic carbocycles. The molecule has 17 heavy (non-hydrogen) atoms. The quantitative estimate of drug-likeness (QED) is 0.752. The lowest BCUT2D eigenvalue weighted by molar-refractivity contribution is -0.0179. The number of benzene rings is 1. The van der Waals surface area contributed by atoms with E-state index in [2.05, 4.69) is 6.92 Å². The lowest BCUT2D eigenvalue weighted by Gasteiger charge is -2.25. The molecule has 1 aliphatic heterocycles. The first-order valence-electron chi connectivity index (χ1n) is 6.23. The van der Waals surface area contributed by atoms with Gasteiger partial charge in [-0.2, -0.15) is 0 Å². The summed E-state index contributed by atoms with van der Waals surface area (Å²) >= 11 is 0. The van der Waals surface area contributed by atoms with Crippen LogP contribution in [0.1, 0.15) is 31.7 Å². The molecule has 3 unspecified atom stereocenters. The summed E-state index contributed by atoms with van der Waals surface area (Å²) < 4.78 is 25.0. The van der Waals surface area contributed by atoms with Crippen LogP contribution in [0.5, 0.6) is 0 Å². The number of hydrogen-bond donors (Lipinski definition) is 0. The third kappa shape index (κ3) is 1.98. The van der Waals surface area contributed by atoms with E-state index in [0.29, 0.717) is 18.3 Å². The third-order valence-corrected chi connectivity index (χ3v) is 3.95. The largest absolute Gasteiger partial charge is 0.370 e. The van der Waals surface area contributed by atoms with Crippen molar-refractivity contribution in [2.75, 3.05) is 0 Å². The molecule has 1 aromatic rings. The highest BCUT2D eigenvalue weighted by Crippen LogP contribution is 2.48. The van der Waals surface area contributed by atoms with E-state index in [0.717, 1.165) is 19.3 Å². The summed E-state index contributed by atoms with van der Waals surface area (Å²) in [5.74, 6) is -0.193. The van der Waals surface area contributed by atoms with Crippen LogP contribution < -0.4 is 0 Å². The first-order valence-corrected chi connectivity index (χ1v) is 6.23. The van der Waals surface area contributed by atoms with Crippen LogP contribution >= 0.6 is 0 Å². The van der Waals surface area contributed by atoms with Gasteiger partial charge >= 0.3 is 0 Å². The van der Waals surface area contributed by atoms with Crippen LogP contribution in [0, 0.1) is 5.82 Å². The van der Waals surface area contributed by atoms with Crippen molar-refractivity contribution < 1.29 is 13.9 Å². The Labute approximate surface area is 101 Å². The van der Waals surface area contributed by atoms with E-state index in [1.165, 1.54) is 6.07 Å². The van der Waals surface area contributed by atoms with Crippen LogP contribution in [0.2, 0.25) is 0 Å². The minimum Gasteiger partial charge on any atom is -0.370 e. The molecule has 3 rings (SSSR count). The molecule has 1 saturated heterocycles. The van der Waals surface area contributed by atoms with Crippen molar-refractivity contribution in [3.8, 4) is 0 Å². The summed E-state index contributed by atoms with van der Waals surface area (Å²) in [6.45, 7) is 2.44. The van der Waals surface area contributed by atoms with Crippen LogP contribution in [0.25, 0.3) is 0 Å². The fraction of sp³-hybridized carbons (Fsp3) is 0.571. The van der Waals surface area contributed by atoms with Crippen LogP contribution in [-0.4, -0.2) is 17.8 Å². The topological polar surface area (TPSA) is 21.8 Å². The molecule has 92 valence electrons. The molecule has 2 nitrogen and oxygen atoms in total. The smallest absolute Gasteiger partial charge is 0.128 e. The molecule has 0 amide bonds. The SMILES string of the molecule is CC12OC1CCCC2OCc1ccccc1F. The van der Waals surface area contributed by atoms with Gasteiger partial charge in [-0.1, -0.05) is 18.2 Å². The van der Waals surface area contributed by atoms with E-state index in [1.807, 2.05) is 6.07 Å². The predicted molar refractivity (Wildman–Crippen MR) is 62.1 cm³/mol. The van der Waals surface area contributed by atoms with Gasteiger partial charge in [-0.05, 0) is 32.3 Å². The monoisotopic (exact) mass is 236 g/mol. The fourth-order valence-corrected chi connectivity index (χ4v) is 2.73. The van der Waals surface area contributed by atoms with Crippen molar-refractivity contribution >= 4 is 0 Å². The van der Waals surface area contributed by atoms with Gasteiger partial charge in [0.15, 0.2) is 0 Å². The Morgan fingerprint density at radius 1 is 1.41 bits per heavy atom. The van der Waals surface area contributed by atoms with Gasteiger partial charge in [0.2, 0.25) is 0 Å². The Bertz CT molecular complexity index is 420. The molecule has 1 heterocycles. The summed E-state index contributed by atoms with van der Waals surface area (Å²) in [6, 6.07) is 6.77. The van der Waals surface area contributed by atoms with Gasteiger partial charge in [-0.25, -0.2) is 4.39 Å². The maximum Gasteiger partial charge on any atom is 0.128 e. The summed E-state index contributed by atoms with van der Waals surface area (Å²) in [5, 5.41) is 0. The average molecular weight is 236 g/mol. The van der Waals surface area contributed by atoms with E-state index < -0.39 is 0 Å². The van der Waals surface area contributed by atoms with Crippen molar-refractivity contribution in [2.45, 2.75) is 50.6 Å². The van der Waals surface area contributed by atoms with Crippen molar-refractivity contribution in [3.63, 3.8) is 0 Å². The lowest BCUT2D eigenvalue weighted by atomic mass is 9.88. The van der Waals surface area contributed by atoms with Crippen molar-refractivity contribution in [2.24, 2.45) is 0 Å². The minimum absolute atomic E-state index is 0.108. The van der Waals surface area contributed by atoms with E-state index in [-0.39, 0.29) is 17.5 Å². The molecule has 3 heteroatoms. The average Bonchev–Trinajstić information content (AvgIpc) is 3.00. The van der Waals surface area contributed by atoms with Crippen molar-refractivity contribution in [1.82, 2.24) is 0 Å². The number of epoxide rings is 1. The Kier molecular flexibility index (Phi) is 2.68. The Balaban J connectivity index is 1.63. The molecular weight excluding hydrogens is 219 g/mol. The number of fused-ring (bicyclic) bond motifs is 1. The lowest BCUT2D eigenvalue weighted by Crippen LogP contribution is -2.35. The van der Waals surface area contributed by atoms with Gasteiger partial charge in [-0.15, -0.1) is 0 Å². The highest BCUT2D eigenvalue weighted by atomic mass is 19.1. The van der Waals surface area contributed by atoms with Gasteiger partial charge in [0.05, 0.1) is 18.8 Å². The molecule has 3 atom stereocenters. The summed E-state index contributed by atoms with van der Waals surface area (Å²) in [7, 11) is 0. The Morgan fingerprint density at radius 2 is 2.24 bits per heavy atom. The highest BCUT2D eigenvalue weighted by Gasteiger charge is 2.59. The number of ether oxygens (including phenoxy) is 2. The van der Waals surface area contributed by atoms with Crippen LogP contribution in [-0.2, 0) is 16.1 Å². The number of rotatable bonds is 3.